The van der Waals surface area contributed by atoms with Crippen LogP contribution >= 0.6 is 24.0 Å². The molecule has 1 saturated carbocycles. The highest BCUT2D eigenvalue weighted by atomic mass is 127. The van der Waals surface area contributed by atoms with E-state index >= 15 is 0 Å². The van der Waals surface area contributed by atoms with Crippen molar-refractivity contribution in [1.82, 2.24) is 15.5 Å². The quantitative estimate of drug-likeness (QED) is 0.385. The standard InChI is InChI=1S/C18H34N4O.HI/c1-4-14-6-8-15(9-7-14)12-20-18(19-3)21-16-10-11-22(13-16)17(23)5-2;/h14-16H,4-13H2,1-3H3,(H2,19,20,21);1H. The number of halogens is 1. The van der Waals surface area contributed by atoms with Crippen LogP contribution in [0.15, 0.2) is 4.99 Å². The van der Waals surface area contributed by atoms with Crippen molar-refractivity contribution in [3.8, 4) is 0 Å². The van der Waals surface area contributed by atoms with E-state index in [0.29, 0.717) is 12.5 Å². The first-order valence-electron chi connectivity index (χ1n) is 9.41. The van der Waals surface area contributed by atoms with Gasteiger partial charge in [0.05, 0.1) is 0 Å². The van der Waals surface area contributed by atoms with Crippen molar-refractivity contribution in [2.75, 3.05) is 26.7 Å². The largest absolute Gasteiger partial charge is 0.356 e. The summed E-state index contributed by atoms with van der Waals surface area (Å²) in [5.74, 6) is 2.87. The molecule has 1 atom stereocenters. The van der Waals surface area contributed by atoms with Gasteiger partial charge in [-0.3, -0.25) is 9.79 Å². The molecule has 0 aromatic carbocycles. The molecule has 0 aromatic heterocycles. The number of guanidine groups is 1. The average Bonchev–Trinajstić information content (AvgIpc) is 3.06. The Balaban J connectivity index is 0.00000288. The lowest BCUT2D eigenvalue weighted by atomic mass is 9.81. The van der Waals surface area contributed by atoms with Crippen molar-refractivity contribution in [2.45, 2.75) is 64.8 Å². The fraction of sp³-hybridized carbons (Fsp3) is 0.889. The number of rotatable bonds is 5. The van der Waals surface area contributed by atoms with Crippen LogP contribution in [0, 0.1) is 11.8 Å². The molecule has 5 nitrogen and oxygen atoms in total. The summed E-state index contributed by atoms with van der Waals surface area (Å²) in [6.07, 6.45) is 8.37. The molecule has 2 rings (SSSR count). The third kappa shape index (κ3) is 6.41. The van der Waals surface area contributed by atoms with Crippen LogP contribution in [0.25, 0.3) is 0 Å². The Labute approximate surface area is 164 Å². The maximum Gasteiger partial charge on any atom is 0.222 e. The summed E-state index contributed by atoms with van der Waals surface area (Å²) in [6.45, 7) is 6.91. The highest BCUT2D eigenvalue weighted by Gasteiger charge is 2.26. The van der Waals surface area contributed by atoms with Crippen LogP contribution < -0.4 is 10.6 Å². The van der Waals surface area contributed by atoms with Crippen molar-refractivity contribution >= 4 is 35.8 Å². The summed E-state index contributed by atoms with van der Waals surface area (Å²) in [5.41, 5.74) is 0. The van der Waals surface area contributed by atoms with Crippen LogP contribution in [0.1, 0.15) is 58.8 Å². The summed E-state index contributed by atoms with van der Waals surface area (Å²) >= 11 is 0. The van der Waals surface area contributed by atoms with Crippen molar-refractivity contribution in [2.24, 2.45) is 16.8 Å². The zero-order valence-corrected chi connectivity index (χ0v) is 17.8. The minimum Gasteiger partial charge on any atom is -0.356 e. The first-order chi connectivity index (χ1) is 11.2. The molecular formula is C18H35IN4O. The summed E-state index contributed by atoms with van der Waals surface area (Å²) < 4.78 is 0. The number of hydrogen-bond acceptors (Lipinski definition) is 2. The number of nitrogens with zero attached hydrogens (tertiary/aromatic N) is 2. The lowest BCUT2D eigenvalue weighted by Gasteiger charge is -2.28. The van der Waals surface area contributed by atoms with E-state index in [4.69, 9.17) is 0 Å². The van der Waals surface area contributed by atoms with Crippen LogP contribution in [0.5, 0.6) is 0 Å². The van der Waals surface area contributed by atoms with Gasteiger partial charge in [0, 0.05) is 39.1 Å². The Morgan fingerprint density at radius 1 is 1.12 bits per heavy atom. The number of nitrogens with one attached hydrogen (secondary N) is 2. The number of aliphatic imine (C=N–C) groups is 1. The molecule has 2 fully saturated rings. The van der Waals surface area contributed by atoms with E-state index in [1.165, 1.54) is 32.1 Å². The van der Waals surface area contributed by atoms with Gasteiger partial charge in [-0.05, 0) is 31.1 Å². The Morgan fingerprint density at radius 2 is 1.79 bits per heavy atom. The van der Waals surface area contributed by atoms with E-state index in [1.54, 1.807) is 0 Å². The number of carbonyl (C=O) groups excluding carboxylic acids is 1. The summed E-state index contributed by atoms with van der Waals surface area (Å²) in [7, 11) is 1.83. The van der Waals surface area contributed by atoms with Gasteiger partial charge in [0.2, 0.25) is 5.91 Å². The fourth-order valence-electron chi connectivity index (χ4n) is 3.80. The molecule has 140 valence electrons. The van der Waals surface area contributed by atoms with Crippen molar-refractivity contribution in [3.63, 3.8) is 0 Å². The highest BCUT2D eigenvalue weighted by Crippen LogP contribution is 2.30. The van der Waals surface area contributed by atoms with Crippen molar-refractivity contribution < 1.29 is 4.79 Å². The van der Waals surface area contributed by atoms with Gasteiger partial charge >= 0.3 is 0 Å². The molecule has 2 N–H and O–H groups in total. The average molecular weight is 450 g/mol. The first-order valence-corrected chi connectivity index (χ1v) is 9.41. The molecule has 1 aliphatic heterocycles. The Hall–Kier alpha value is -0.530. The number of amides is 1. The van der Waals surface area contributed by atoms with E-state index in [0.717, 1.165) is 43.9 Å². The maximum atomic E-state index is 11.8. The predicted octanol–water partition coefficient (Wildman–Crippen LogP) is 3.00. The normalized spacial score (nSPS) is 27.5. The van der Waals surface area contributed by atoms with Crippen molar-refractivity contribution in [1.29, 1.82) is 0 Å². The molecule has 0 spiro atoms. The summed E-state index contributed by atoms with van der Waals surface area (Å²) in [6, 6.07) is 0.326. The molecule has 2 aliphatic rings. The molecule has 24 heavy (non-hydrogen) atoms. The van der Waals surface area contributed by atoms with Gasteiger partial charge in [-0.25, -0.2) is 0 Å². The van der Waals surface area contributed by atoms with E-state index < -0.39 is 0 Å². The molecule has 1 saturated heterocycles. The molecule has 1 unspecified atom stereocenters. The third-order valence-electron chi connectivity index (χ3n) is 5.51. The first kappa shape index (κ1) is 21.5. The minimum absolute atomic E-state index is 0. The Bertz CT molecular complexity index is 408. The molecule has 1 aliphatic carbocycles. The topological polar surface area (TPSA) is 56.7 Å². The van der Waals surface area contributed by atoms with Crippen LogP contribution in [-0.2, 0) is 4.79 Å². The predicted molar refractivity (Wildman–Crippen MR) is 111 cm³/mol. The van der Waals surface area contributed by atoms with Gasteiger partial charge < -0.3 is 15.5 Å². The SMILES string of the molecule is CCC(=O)N1CCC(NC(=NC)NCC2CCC(CC)CC2)C1.I. The second-order valence-corrected chi connectivity index (χ2v) is 7.07. The molecule has 0 radical (unpaired) electrons. The summed E-state index contributed by atoms with van der Waals surface area (Å²) in [4.78, 5) is 18.1. The second-order valence-electron chi connectivity index (χ2n) is 7.07. The fourth-order valence-corrected chi connectivity index (χ4v) is 3.80. The van der Waals surface area contributed by atoms with Crippen LogP contribution in [0.3, 0.4) is 0 Å². The van der Waals surface area contributed by atoms with Crippen LogP contribution in [0.2, 0.25) is 0 Å². The Morgan fingerprint density at radius 3 is 2.38 bits per heavy atom. The van der Waals surface area contributed by atoms with Gasteiger partial charge in [-0.15, -0.1) is 24.0 Å². The van der Waals surface area contributed by atoms with Gasteiger partial charge in [-0.2, -0.15) is 0 Å². The van der Waals surface area contributed by atoms with Gasteiger partial charge in [0.25, 0.3) is 0 Å². The van der Waals surface area contributed by atoms with E-state index in [2.05, 4.69) is 22.5 Å². The molecule has 0 aromatic rings. The lowest BCUT2D eigenvalue weighted by molar-refractivity contribution is -0.129. The monoisotopic (exact) mass is 450 g/mol. The lowest BCUT2D eigenvalue weighted by Crippen LogP contribution is -2.46. The Kier molecular flexibility index (Phi) is 10.0. The van der Waals surface area contributed by atoms with E-state index in [9.17, 15) is 4.79 Å². The molecule has 1 amide bonds. The number of likely N-dealkylation sites (tertiary alicyclic amines) is 1. The zero-order valence-electron chi connectivity index (χ0n) is 15.5. The molecule has 6 heteroatoms. The smallest absolute Gasteiger partial charge is 0.222 e. The van der Waals surface area contributed by atoms with Crippen molar-refractivity contribution in [3.05, 3.63) is 0 Å². The van der Waals surface area contributed by atoms with E-state index in [-0.39, 0.29) is 29.9 Å². The maximum absolute atomic E-state index is 11.8. The number of carbonyl (C=O) groups is 1. The highest BCUT2D eigenvalue weighted by molar-refractivity contribution is 14.0. The minimum atomic E-state index is 0. The number of hydrogen-bond donors (Lipinski definition) is 2. The van der Waals surface area contributed by atoms with Crippen LogP contribution in [-0.4, -0.2) is 49.5 Å². The second kappa shape index (κ2) is 11.2. The van der Waals surface area contributed by atoms with E-state index in [1.807, 2.05) is 18.9 Å². The zero-order chi connectivity index (χ0) is 16.7. The summed E-state index contributed by atoms with van der Waals surface area (Å²) in [5, 5.41) is 6.97. The molecule has 1 heterocycles. The van der Waals surface area contributed by atoms with Crippen LogP contribution in [0.4, 0.5) is 0 Å². The van der Waals surface area contributed by atoms with Gasteiger partial charge in [0.1, 0.15) is 0 Å². The molecule has 0 bridgehead atoms. The van der Waals surface area contributed by atoms with Gasteiger partial charge in [-0.1, -0.05) is 33.1 Å². The third-order valence-corrected chi connectivity index (χ3v) is 5.51. The van der Waals surface area contributed by atoms with Gasteiger partial charge in [0.15, 0.2) is 5.96 Å². The molecular weight excluding hydrogens is 415 g/mol.